The number of hydrogen-bond donors (Lipinski definition) is 0. The summed E-state index contributed by atoms with van der Waals surface area (Å²) in [4.78, 5) is 5.15. The van der Waals surface area contributed by atoms with Crippen molar-refractivity contribution in [1.82, 2.24) is 4.98 Å². The first-order valence-corrected chi connectivity index (χ1v) is 18.1. The molecule has 7 aromatic carbocycles. The van der Waals surface area contributed by atoms with Gasteiger partial charge in [-0.05, 0) is 112 Å². The third-order valence-corrected chi connectivity index (χ3v) is 12.2. The third kappa shape index (κ3) is 3.43. The second-order valence-corrected chi connectivity index (χ2v) is 14.5. The summed E-state index contributed by atoms with van der Waals surface area (Å²) in [5.41, 5.74) is 19.2. The molecule has 2 unspecified atom stereocenters. The van der Waals surface area contributed by atoms with E-state index in [2.05, 4.69) is 164 Å². The van der Waals surface area contributed by atoms with Gasteiger partial charge >= 0.3 is 0 Å². The zero-order valence-corrected chi connectivity index (χ0v) is 27.9. The van der Waals surface area contributed by atoms with E-state index in [4.69, 9.17) is 4.98 Å². The molecule has 1 nitrogen and oxygen atoms in total. The van der Waals surface area contributed by atoms with Crippen molar-refractivity contribution in [2.24, 2.45) is 0 Å². The summed E-state index contributed by atoms with van der Waals surface area (Å²) in [6, 6.07) is 54.7. The smallest absolute Gasteiger partial charge is 0.0753 e. The second kappa shape index (κ2) is 9.90. The third-order valence-electron chi connectivity index (χ3n) is 12.2. The Morgan fingerprint density at radius 2 is 1.37 bits per heavy atom. The largest absolute Gasteiger partial charge is 0.256 e. The molecule has 0 fully saturated rings. The molecule has 51 heavy (non-hydrogen) atoms. The van der Waals surface area contributed by atoms with Crippen molar-refractivity contribution in [2.45, 2.75) is 17.8 Å². The van der Waals surface area contributed by atoms with Gasteiger partial charge < -0.3 is 0 Å². The number of aromatic nitrogens is 1. The Kier molecular flexibility index (Phi) is 5.34. The molecule has 0 saturated heterocycles. The fourth-order valence-corrected chi connectivity index (χ4v) is 10.2. The second-order valence-electron chi connectivity index (χ2n) is 14.5. The number of hydrogen-bond acceptors (Lipinski definition) is 1. The van der Waals surface area contributed by atoms with E-state index in [9.17, 15) is 0 Å². The van der Waals surface area contributed by atoms with E-state index >= 15 is 0 Å². The molecule has 4 aliphatic rings. The lowest BCUT2D eigenvalue weighted by atomic mass is 9.61. The Morgan fingerprint density at radius 3 is 2.31 bits per heavy atom. The minimum absolute atomic E-state index is 0.271. The number of benzene rings is 7. The van der Waals surface area contributed by atoms with Gasteiger partial charge in [0.1, 0.15) is 0 Å². The van der Waals surface area contributed by atoms with E-state index in [-0.39, 0.29) is 5.92 Å². The lowest BCUT2D eigenvalue weighted by Gasteiger charge is -2.39. The molecule has 0 radical (unpaired) electrons. The normalized spacial score (nSPS) is 18.4. The first-order chi connectivity index (χ1) is 25.3. The van der Waals surface area contributed by atoms with Gasteiger partial charge in [-0.1, -0.05) is 152 Å². The molecule has 0 N–H and O–H groups in total. The summed E-state index contributed by atoms with van der Waals surface area (Å²) >= 11 is 0. The summed E-state index contributed by atoms with van der Waals surface area (Å²) in [5, 5.41) is 5.36. The van der Waals surface area contributed by atoms with Crippen molar-refractivity contribution in [3.63, 3.8) is 0 Å². The molecule has 12 rings (SSSR count). The van der Waals surface area contributed by atoms with Crippen molar-refractivity contribution in [1.29, 1.82) is 0 Å². The van der Waals surface area contributed by atoms with E-state index < -0.39 is 5.41 Å². The van der Waals surface area contributed by atoms with E-state index in [1.165, 1.54) is 99.4 Å². The van der Waals surface area contributed by atoms with Crippen molar-refractivity contribution in [3.8, 4) is 33.5 Å². The number of rotatable bonds is 2. The predicted octanol–water partition coefficient (Wildman–Crippen LogP) is 12.1. The fraction of sp³-hybridized carbons (Fsp3) is 0.0600. The van der Waals surface area contributed by atoms with Crippen LogP contribution in [0.1, 0.15) is 50.4 Å². The molecule has 0 bridgehead atoms. The van der Waals surface area contributed by atoms with Crippen molar-refractivity contribution in [3.05, 3.63) is 208 Å². The lowest BCUT2D eigenvalue weighted by molar-refractivity contribution is 0.771. The zero-order valence-electron chi connectivity index (χ0n) is 27.9. The highest BCUT2D eigenvalue weighted by Crippen LogP contribution is 2.61. The quantitative estimate of drug-likeness (QED) is 0.182. The Hall–Kier alpha value is -6.31. The molecular weight excluding hydrogens is 615 g/mol. The molecule has 1 spiro atoms. The van der Waals surface area contributed by atoms with E-state index in [0.717, 1.165) is 12.1 Å². The van der Waals surface area contributed by atoms with Gasteiger partial charge in [0.05, 0.1) is 11.1 Å². The highest BCUT2D eigenvalue weighted by Gasteiger charge is 2.50. The van der Waals surface area contributed by atoms with Crippen LogP contribution in [0.4, 0.5) is 0 Å². The fourth-order valence-electron chi connectivity index (χ4n) is 10.2. The van der Waals surface area contributed by atoms with Crippen LogP contribution in [0.2, 0.25) is 0 Å². The van der Waals surface area contributed by atoms with E-state index in [0.29, 0.717) is 0 Å². The van der Waals surface area contributed by atoms with Gasteiger partial charge in [-0.3, -0.25) is 4.98 Å². The maximum absolute atomic E-state index is 5.15. The number of nitrogens with zero attached hydrogens (tertiary/aromatic N) is 1. The van der Waals surface area contributed by atoms with Crippen LogP contribution in [-0.4, -0.2) is 4.98 Å². The van der Waals surface area contributed by atoms with Gasteiger partial charge in [0.15, 0.2) is 0 Å². The number of allylic oxidation sites excluding steroid dienone is 3. The summed E-state index contributed by atoms with van der Waals surface area (Å²) in [6.45, 7) is 0. The van der Waals surface area contributed by atoms with Gasteiger partial charge in [-0.25, -0.2) is 0 Å². The Labute approximate surface area is 296 Å². The minimum Gasteiger partial charge on any atom is -0.256 e. The molecule has 0 saturated carbocycles. The van der Waals surface area contributed by atoms with Crippen LogP contribution in [0.15, 0.2) is 164 Å². The highest BCUT2D eigenvalue weighted by molar-refractivity contribution is 6.10. The van der Waals surface area contributed by atoms with E-state index in [1.54, 1.807) is 0 Å². The van der Waals surface area contributed by atoms with Gasteiger partial charge in [0, 0.05) is 17.7 Å². The predicted molar refractivity (Wildman–Crippen MR) is 211 cm³/mol. The van der Waals surface area contributed by atoms with Gasteiger partial charge in [-0.2, -0.15) is 0 Å². The first-order valence-electron chi connectivity index (χ1n) is 18.1. The highest BCUT2D eigenvalue weighted by atomic mass is 14.7. The van der Waals surface area contributed by atoms with Gasteiger partial charge in [0.2, 0.25) is 0 Å². The van der Waals surface area contributed by atoms with Crippen molar-refractivity contribution >= 4 is 33.2 Å². The maximum atomic E-state index is 5.15. The van der Waals surface area contributed by atoms with E-state index in [1.807, 2.05) is 6.20 Å². The van der Waals surface area contributed by atoms with Crippen LogP contribution in [0.5, 0.6) is 0 Å². The Balaban J connectivity index is 1.10. The standard InChI is InChI=1S/C50H31N/c1-2-9-30(10-3-1)35-23-18-32-21-26-40-36(24-19-33-20-25-39(35)47(32)48(33)40)34-22-27-43-41(29-34)49-45(17-8-28-51-49)50(43)42-15-5-4-13-37(42)38-14-6-11-31-12-7-16-44(50)46(31)38/h1-19,21-29,35H,20H2. The SMILES string of the molecule is C1=CC(c2ccccc2)C2=CCc3ccc(-c4ccc5c(c4)-c4ncccc4C54c5ccccc5-c5cccc6cccc4c56)c4ccc1c2c34. The molecule has 1 heteroatoms. The summed E-state index contributed by atoms with van der Waals surface area (Å²) < 4.78 is 0. The first kappa shape index (κ1) is 27.5. The number of pyridine rings is 1. The average Bonchev–Trinajstić information content (AvgIpc) is 3.49. The van der Waals surface area contributed by atoms with Crippen LogP contribution < -0.4 is 0 Å². The zero-order chi connectivity index (χ0) is 33.3. The molecular formula is C50H31N. The van der Waals surface area contributed by atoms with Gasteiger partial charge in [-0.15, -0.1) is 0 Å². The topological polar surface area (TPSA) is 12.9 Å². The number of fused-ring (bicyclic) bond motifs is 9. The molecule has 2 atom stereocenters. The van der Waals surface area contributed by atoms with Crippen molar-refractivity contribution < 1.29 is 0 Å². The Morgan fingerprint density at radius 1 is 0.569 bits per heavy atom. The summed E-state index contributed by atoms with van der Waals surface area (Å²) in [6.07, 6.45) is 10.1. The van der Waals surface area contributed by atoms with Crippen LogP contribution >= 0.6 is 0 Å². The minimum atomic E-state index is -0.452. The van der Waals surface area contributed by atoms with Crippen LogP contribution in [0.25, 0.3) is 66.7 Å². The summed E-state index contributed by atoms with van der Waals surface area (Å²) in [7, 11) is 0. The molecule has 236 valence electrons. The van der Waals surface area contributed by atoms with Crippen LogP contribution in [-0.2, 0) is 11.8 Å². The monoisotopic (exact) mass is 645 g/mol. The van der Waals surface area contributed by atoms with Crippen molar-refractivity contribution in [2.75, 3.05) is 0 Å². The van der Waals surface area contributed by atoms with Crippen LogP contribution in [0, 0.1) is 0 Å². The molecule has 8 aromatic rings. The molecule has 0 amide bonds. The Bertz CT molecular complexity index is 2880. The molecule has 0 aliphatic heterocycles. The maximum Gasteiger partial charge on any atom is 0.0753 e. The molecule has 1 heterocycles. The average molecular weight is 646 g/mol. The summed E-state index contributed by atoms with van der Waals surface area (Å²) in [5.74, 6) is 0.271. The van der Waals surface area contributed by atoms with Gasteiger partial charge in [0.25, 0.3) is 0 Å². The van der Waals surface area contributed by atoms with Crippen LogP contribution in [0.3, 0.4) is 0 Å². The lowest BCUT2D eigenvalue weighted by Crippen LogP contribution is -2.31. The molecule has 1 aromatic heterocycles. The molecule has 4 aliphatic carbocycles.